The number of carboxylic acid groups (broad SMARTS) is 1. The van der Waals surface area contributed by atoms with Crippen molar-refractivity contribution in [1.82, 2.24) is 10.2 Å². The van der Waals surface area contributed by atoms with Crippen molar-refractivity contribution < 1.29 is 24.2 Å². The Morgan fingerprint density at radius 3 is 2.35 bits per heavy atom. The molecule has 176 valence electrons. The van der Waals surface area contributed by atoms with Crippen LogP contribution in [0.15, 0.2) is 48.5 Å². The Labute approximate surface area is 198 Å². The second kappa shape index (κ2) is 7.86. The largest absolute Gasteiger partial charge is 0.481 e. The second-order valence-electron chi connectivity index (χ2n) is 10.3. The molecule has 2 aromatic carbocycles. The Hall–Kier alpha value is -3.35. The van der Waals surface area contributed by atoms with Crippen LogP contribution in [0, 0.1) is 17.3 Å². The van der Waals surface area contributed by atoms with E-state index in [4.69, 9.17) is 4.74 Å². The van der Waals surface area contributed by atoms with Gasteiger partial charge in [-0.2, -0.15) is 0 Å². The summed E-state index contributed by atoms with van der Waals surface area (Å²) in [6.45, 7) is 1.14. The molecule has 2 saturated carbocycles. The van der Waals surface area contributed by atoms with Crippen molar-refractivity contribution in [2.75, 3.05) is 19.7 Å². The summed E-state index contributed by atoms with van der Waals surface area (Å²) >= 11 is 0. The molecule has 7 nitrogen and oxygen atoms in total. The van der Waals surface area contributed by atoms with Crippen LogP contribution >= 0.6 is 0 Å². The summed E-state index contributed by atoms with van der Waals surface area (Å²) in [6.07, 6.45) is 2.23. The van der Waals surface area contributed by atoms with Gasteiger partial charge in [0.05, 0.1) is 5.41 Å². The number of ether oxygens (including phenoxy) is 1. The number of benzene rings is 2. The van der Waals surface area contributed by atoms with Gasteiger partial charge in [-0.25, -0.2) is 4.79 Å². The number of carbonyl (C=O) groups is 3. The fourth-order valence-corrected chi connectivity index (χ4v) is 6.38. The predicted molar refractivity (Wildman–Crippen MR) is 124 cm³/mol. The van der Waals surface area contributed by atoms with Crippen LogP contribution in [0.5, 0.6) is 0 Å². The molecule has 34 heavy (non-hydrogen) atoms. The van der Waals surface area contributed by atoms with Gasteiger partial charge >= 0.3 is 12.1 Å². The van der Waals surface area contributed by atoms with Crippen LogP contribution in [0.2, 0.25) is 0 Å². The molecular weight excluding hydrogens is 432 g/mol. The predicted octanol–water partition coefficient (Wildman–Crippen LogP) is 3.63. The van der Waals surface area contributed by atoms with Crippen molar-refractivity contribution in [2.45, 2.75) is 37.6 Å². The third-order valence-electron chi connectivity index (χ3n) is 8.33. The molecule has 1 saturated heterocycles. The summed E-state index contributed by atoms with van der Waals surface area (Å²) in [4.78, 5) is 38.8. The van der Waals surface area contributed by atoms with Gasteiger partial charge in [0.25, 0.3) is 0 Å². The van der Waals surface area contributed by atoms with Crippen LogP contribution in [0.4, 0.5) is 4.79 Å². The molecule has 0 spiro atoms. The maximum atomic E-state index is 12.9. The molecule has 2 unspecified atom stereocenters. The Balaban J connectivity index is 1.03. The minimum absolute atomic E-state index is 0.0132. The van der Waals surface area contributed by atoms with Crippen LogP contribution in [0.3, 0.4) is 0 Å². The third-order valence-corrected chi connectivity index (χ3v) is 8.33. The van der Waals surface area contributed by atoms with Gasteiger partial charge in [-0.1, -0.05) is 48.5 Å². The number of hydrogen-bond donors (Lipinski definition) is 2. The SMILES string of the molecule is O=C(N[C@H]1CC[C@@H](C(=O)N2CC3CC3(C(=O)O)C2)C1)OCC1c2ccccc2-c2ccccc21. The first-order valence-electron chi connectivity index (χ1n) is 12.1. The highest BCUT2D eigenvalue weighted by Gasteiger charge is 2.66. The molecule has 0 aromatic heterocycles. The maximum Gasteiger partial charge on any atom is 0.407 e. The first-order valence-corrected chi connectivity index (χ1v) is 12.1. The average molecular weight is 461 g/mol. The van der Waals surface area contributed by atoms with Gasteiger partial charge in [0.1, 0.15) is 6.61 Å². The summed E-state index contributed by atoms with van der Waals surface area (Å²) in [5, 5.41) is 12.4. The molecule has 7 heteroatoms. The quantitative estimate of drug-likeness (QED) is 0.711. The number of amides is 2. The van der Waals surface area contributed by atoms with Crippen molar-refractivity contribution >= 4 is 18.0 Å². The number of carboxylic acids is 1. The Bertz CT molecular complexity index is 1130. The third kappa shape index (κ3) is 3.37. The lowest BCUT2D eigenvalue weighted by Crippen LogP contribution is -2.38. The van der Waals surface area contributed by atoms with Gasteiger partial charge in [-0.15, -0.1) is 0 Å². The van der Waals surface area contributed by atoms with E-state index in [-0.39, 0.29) is 36.3 Å². The maximum absolute atomic E-state index is 12.9. The monoisotopic (exact) mass is 460 g/mol. The fraction of sp³-hybridized carbons (Fsp3) is 0.444. The van der Waals surface area contributed by atoms with Crippen LogP contribution < -0.4 is 5.32 Å². The summed E-state index contributed by atoms with van der Waals surface area (Å²) < 4.78 is 5.65. The van der Waals surface area contributed by atoms with Gasteiger partial charge in [0.2, 0.25) is 5.91 Å². The number of likely N-dealkylation sites (tertiary alicyclic amines) is 1. The van der Waals surface area contributed by atoms with Crippen LogP contribution in [-0.2, 0) is 14.3 Å². The molecule has 4 aliphatic rings. The van der Waals surface area contributed by atoms with Gasteiger partial charge in [0, 0.05) is 31.0 Å². The summed E-state index contributed by atoms with van der Waals surface area (Å²) in [7, 11) is 0. The van der Waals surface area contributed by atoms with Gasteiger partial charge < -0.3 is 20.1 Å². The van der Waals surface area contributed by atoms with E-state index in [1.165, 1.54) is 22.3 Å². The number of fused-ring (bicyclic) bond motifs is 4. The number of piperidine rings is 1. The molecule has 2 aromatic rings. The summed E-state index contributed by atoms with van der Waals surface area (Å²) in [5.74, 6) is -0.801. The highest BCUT2D eigenvalue weighted by Crippen LogP contribution is 2.58. The van der Waals surface area contributed by atoms with Crippen molar-refractivity contribution in [3.8, 4) is 11.1 Å². The Morgan fingerprint density at radius 1 is 1.03 bits per heavy atom. The number of alkyl carbamates (subject to hydrolysis) is 1. The molecule has 1 heterocycles. The van der Waals surface area contributed by atoms with Crippen molar-refractivity contribution in [3.05, 3.63) is 59.7 Å². The highest BCUT2D eigenvalue weighted by molar-refractivity contribution is 5.85. The summed E-state index contributed by atoms with van der Waals surface area (Å²) in [5.41, 5.74) is 4.02. The van der Waals surface area contributed by atoms with Gasteiger partial charge in [0.15, 0.2) is 0 Å². The minimum Gasteiger partial charge on any atom is -0.481 e. The second-order valence-corrected chi connectivity index (χ2v) is 10.3. The average Bonchev–Trinajstić information content (AvgIpc) is 3.16. The van der Waals surface area contributed by atoms with E-state index in [1.807, 2.05) is 24.3 Å². The van der Waals surface area contributed by atoms with E-state index in [0.717, 1.165) is 6.42 Å². The van der Waals surface area contributed by atoms with Crippen LogP contribution in [-0.4, -0.2) is 53.7 Å². The van der Waals surface area contributed by atoms with Crippen LogP contribution in [0.25, 0.3) is 11.1 Å². The smallest absolute Gasteiger partial charge is 0.407 e. The lowest BCUT2D eigenvalue weighted by atomic mass is 9.98. The molecule has 4 atom stereocenters. The number of nitrogens with zero attached hydrogens (tertiary/aromatic N) is 1. The molecule has 6 rings (SSSR count). The van der Waals surface area contributed by atoms with E-state index < -0.39 is 17.5 Å². The Morgan fingerprint density at radius 2 is 1.71 bits per heavy atom. The number of aliphatic carboxylic acids is 1. The lowest BCUT2D eigenvalue weighted by molar-refractivity contribution is -0.144. The van der Waals surface area contributed by atoms with E-state index in [0.29, 0.717) is 32.4 Å². The first kappa shape index (κ1) is 21.2. The zero-order valence-electron chi connectivity index (χ0n) is 18.9. The highest BCUT2D eigenvalue weighted by atomic mass is 16.5. The Kier molecular flexibility index (Phi) is 4.90. The minimum atomic E-state index is -0.783. The molecule has 0 radical (unpaired) electrons. The van der Waals surface area contributed by atoms with Gasteiger partial charge in [-0.3, -0.25) is 9.59 Å². The van der Waals surface area contributed by atoms with Crippen LogP contribution in [0.1, 0.15) is 42.7 Å². The molecule has 1 aliphatic heterocycles. The van der Waals surface area contributed by atoms with Crippen molar-refractivity contribution in [1.29, 1.82) is 0 Å². The van der Waals surface area contributed by atoms with Gasteiger partial charge in [-0.05, 0) is 53.9 Å². The molecule has 2 N–H and O–H groups in total. The number of nitrogens with one attached hydrogen (secondary N) is 1. The van der Waals surface area contributed by atoms with E-state index in [1.54, 1.807) is 4.90 Å². The van der Waals surface area contributed by atoms with E-state index in [9.17, 15) is 19.5 Å². The topological polar surface area (TPSA) is 95.9 Å². The van der Waals surface area contributed by atoms with E-state index >= 15 is 0 Å². The fourth-order valence-electron chi connectivity index (χ4n) is 6.38. The number of hydrogen-bond acceptors (Lipinski definition) is 4. The normalized spacial score (nSPS) is 28.7. The van der Waals surface area contributed by atoms with Crippen molar-refractivity contribution in [3.63, 3.8) is 0 Å². The summed E-state index contributed by atoms with van der Waals surface area (Å²) in [6, 6.07) is 16.3. The number of carbonyl (C=O) groups excluding carboxylic acids is 2. The molecule has 2 amide bonds. The zero-order chi connectivity index (χ0) is 23.4. The number of rotatable bonds is 5. The lowest BCUT2D eigenvalue weighted by Gasteiger charge is -2.23. The molecular formula is C27H28N2O5. The standard InChI is InChI=1S/C27H28N2O5/c30-24(29-13-17-12-27(17,15-29)25(31)32)16-9-10-18(11-16)28-26(33)34-14-23-21-7-3-1-5-19(21)20-6-2-4-8-22(20)23/h1-8,16-18,23H,9-15H2,(H,28,33)(H,31,32)/t16-,17?,18+,27?/m1/s1. The molecule has 0 bridgehead atoms. The first-order chi connectivity index (χ1) is 16.5. The van der Waals surface area contributed by atoms with E-state index in [2.05, 4.69) is 29.6 Å². The van der Waals surface area contributed by atoms with Crippen molar-refractivity contribution in [2.24, 2.45) is 17.3 Å². The zero-order valence-corrected chi connectivity index (χ0v) is 18.9. The molecule has 3 aliphatic carbocycles. The molecule has 3 fully saturated rings.